The molecule has 3 heterocycles. The third kappa shape index (κ3) is 3.96. The number of aromatic nitrogens is 5. The van der Waals surface area contributed by atoms with Crippen molar-refractivity contribution in [3.05, 3.63) is 152 Å². The van der Waals surface area contributed by atoms with Crippen molar-refractivity contribution in [3.8, 4) is 22.5 Å². The van der Waals surface area contributed by atoms with Crippen molar-refractivity contribution in [1.82, 2.24) is 24.1 Å². The van der Waals surface area contributed by atoms with Crippen LogP contribution in [0.2, 0.25) is 0 Å². The molecule has 0 amide bonds. The number of fused-ring (bicyclic) bond motifs is 10. The molecule has 0 saturated heterocycles. The van der Waals surface area contributed by atoms with E-state index in [4.69, 9.17) is 0 Å². The highest BCUT2D eigenvalue weighted by molar-refractivity contribution is 6.27. The van der Waals surface area contributed by atoms with Gasteiger partial charge in [0.1, 0.15) is 5.69 Å². The van der Waals surface area contributed by atoms with Gasteiger partial charge < -0.3 is 14.2 Å². The molecule has 0 radical (unpaired) electrons. The van der Waals surface area contributed by atoms with Crippen LogP contribution in [-0.4, -0.2) is 46.9 Å². The van der Waals surface area contributed by atoms with E-state index >= 15 is 0 Å². The van der Waals surface area contributed by atoms with Crippen LogP contribution in [0.15, 0.2) is 113 Å². The first-order chi connectivity index (χ1) is 23.4. The number of aliphatic hydroxyl groups is 1. The number of carbonyl (C=O) groups is 2. The summed E-state index contributed by atoms with van der Waals surface area (Å²) in [6.45, 7) is -0.0255. The molecule has 10 heteroatoms. The van der Waals surface area contributed by atoms with Gasteiger partial charge in [-0.05, 0) is 12.1 Å². The van der Waals surface area contributed by atoms with E-state index < -0.39 is 6.10 Å². The number of carbonyl (C=O) groups excluding carboxylic acids is 2. The highest BCUT2D eigenvalue weighted by Crippen LogP contribution is 2.40. The summed E-state index contributed by atoms with van der Waals surface area (Å²) in [5.74, 6) is -0.280. The van der Waals surface area contributed by atoms with E-state index in [0.717, 1.165) is 0 Å². The SMILES string of the molecule is O=C1c2ccccc2-c2c1c1ccccc1c(=O)n2Cc1cn(CC(O)Cn2c3c(c4ccccc4c2=O)C(=O)c2ccccc2-3)nn1. The first-order valence-corrected chi connectivity index (χ1v) is 15.6. The molecule has 0 bridgehead atoms. The van der Waals surface area contributed by atoms with E-state index in [1.807, 2.05) is 30.3 Å². The van der Waals surface area contributed by atoms with Crippen molar-refractivity contribution in [2.24, 2.45) is 0 Å². The average Bonchev–Trinajstić information content (AvgIpc) is 3.77. The van der Waals surface area contributed by atoms with E-state index in [1.54, 1.807) is 77.5 Å². The van der Waals surface area contributed by atoms with Crippen LogP contribution in [0.3, 0.4) is 0 Å². The largest absolute Gasteiger partial charge is 0.389 e. The van der Waals surface area contributed by atoms with Gasteiger partial charge in [0.2, 0.25) is 0 Å². The van der Waals surface area contributed by atoms with Gasteiger partial charge in [-0.3, -0.25) is 19.2 Å². The second kappa shape index (κ2) is 10.4. The van der Waals surface area contributed by atoms with Gasteiger partial charge in [0.15, 0.2) is 11.6 Å². The Morgan fingerprint density at radius 2 is 1.02 bits per heavy atom. The Hall–Kier alpha value is -6.26. The van der Waals surface area contributed by atoms with Crippen LogP contribution in [0.4, 0.5) is 0 Å². The number of benzene rings is 4. The van der Waals surface area contributed by atoms with E-state index in [0.29, 0.717) is 72.0 Å². The lowest BCUT2D eigenvalue weighted by atomic mass is 10.0. The normalized spacial score (nSPS) is 13.5. The van der Waals surface area contributed by atoms with Crippen molar-refractivity contribution in [1.29, 1.82) is 0 Å². The molecule has 0 spiro atoms. The summed E-state index contributed by atoms with van der Waals surface area (Å²) >= 11 is 0. The van der Waals surface area contributed by atoms with Gasteiger partial charge in [-0.1, -0.05) is 90.1 Å². The Labute approximate surface area is 271 Å². The van der Waals surface area contributed by atoms with Crippen molar-refractivity contribution >= 4 is 33.1 Å². The monoisotopic (exact) mass is 631 g/mol. The van der Waals surface area contributed by atoms with Crippen molar-refractivity contribution < 1.29 is 14.7 Å². The molecule has 9 rings (SSSR count). The smallest absolute Gasteiger partial charge is 0.259 e. The van der Waals surface area contributed by atoms with Gasteiger partial charge in [-0.25, -0.2) is 4.68 Å². The number of hydrogen-bond acceptors (Lipinski definition) is 7. The van der Waals surface area contributed by atoms with Crippen molar-refractivity contribution in [2.45, 2.75) is 25.7 Å². The number of pyridine rings is 2. The number of rotatable bonds is 6. The summed E-state index contributed by atoms with van der Waals surface area (Å²) < 4.78 is 4.52. The van der Waals surface area contributed by atoms with E-state index in [1.165, 1.54) is 9.25 Å². The Morgan fingerprint density at radius 3 is 1.58 bits per heavy atom. The molecule has 4 aromatic carbocycles. The summed E-state index contributed by atoms with van der Waals surface area (Å²) in [6, 6.07) is 28.6. The molecule has 10 nitrogen and oxygen atoms in total. The minimum absolute atomic E-state index is 0.00266. The molecule has 1 unspecified atom stereocenters. The molecule has 0 saturated carbocycles. The maximum atomic E-state index is 13.8. The zero-order valence-corrected chi connectivity index (χ0v) is 25.3. The Bertz CT molecular complexity index is 2670. The fraction of sp³-hybridized carbons (Fsp3) is 0.105. The molecule has 2 aliphatic carbocycles. The first-order valence-electron chi connectivity index (χ1n) is 15.6. The van der Waals surface area contributed by atoms with Gasteiger partial charge in [-0.15, -0.1) is 5.10 Å². The van der Waals surface area contributed by atoms with E-state index in [-0.39, 0.29) is 42.3 Å². The third-order valence-corrected chi connectivity index (χ3v) is 9.36. The number of hydrogen-bond donors (Lipinski definition) is 1. The van der Waals surface area contributed by atoms with Gasteiger partial charge in [0.25, 0.3) is 11.1 Å². The second-order valence-corrected chi connectivity index (χ2v) is 12.2. The molecular weight excluding hydrogens is 606 g/mol. The van der Waals surface area contributed by atoms with Crippen LogP contribution in [-0.2, 0) is 19.6 Å². The van der Waals surface area contributed by atoms with Gasteiger partial charge in [-0.2, -0.15) is 0 Å². The summed E-state index contributed by atoms with van der Waals surface area (Å²) in [5, 5.41) is 21.8. The molecule has 1 atom stereocenters. The number of nitrogens with zero attached hydrogens (tertiary/aromatic N) is 5. The van der Waals surface area contributed by atoms with Crippen molar-refractivity contribution in [3.63, 3.8) is 0 Å². The topological polar surface area (TPSA) is 129 Å². The van der Waals surface area contributed by atoms with Crippen LogP contribution in [0.1, 0.15) is 37.5 Å². The van der Waals surface area contributed by atoms with Gasteiger partial charge in [0, 0.05) is 43.8 Å². The first kappa shape index (κ1) is 28.0. The van der Waals surface area contributed by atoms with Gasteiger partial charge >= 0.3 is 0 Å². The Balaban J connectivity index is 1.06. The summed E-state index contributed by atoms with van der Waals surface area (Å²) in [5.41, 5.74) is 4.32. The molecule has 0 fully saturated rings. The zero-order chi connectivity index (χ0) is 32.7. The lowest BCUT2D eigenvalue weighted by Gasteiger charge is -2.18. The molecule has 2 aliphatic rings. The fourth-order valence-electron chi connectivity index (χ4n) is 7.33. The standard InChI is InChI=1S/C38H25N5O5/c44-22(20-43-34-26-12-4-6-14-28(26)36(46)32(34)24-10-2-8-16-30(24)38(43)48)19-41-17-21(39-40-41)18-42-33-25-11-3-5-13-27(25)35(45)31(33)23-9-1-7-15-29(23)37(42)47/h1-17,22,44H,18-20H2. The number of ketones is 2. The second-order valence-electron chi connectivity index (χ2n) is 12.2. The molecule has 232 valence electrons. The van der Waals surface area contributed by atoms with Gasteiger partial charge in [0.05, 0.1) is 54.4 Å². The highest BCUT2D eigenvalue weighted by atomic mass is 16.3. The van der Waals surface area contributed by atoms with Crippen LogP contribution < -0.4 is 11.1 Å². The quantitative estimate of drug-likeness (QED) is 0.287. The van der Waals surface area contributed by atoms with Crippen LogP contribution in [0, 0.1) is 0 Å². The highest BCUT2D eigenvalue weighted by Gasteiger charge is 2.34. The fourth-order valence-corrected chi connectivity index (χ4v) is 7.33. The molecule has 0 aliphatic heterocycles. The molecule has 3 aromatic heterocycles. The molecular formula is C38H25N5O5. The Kier molecular flexibility index (Phi) is 6.05. The summed E-state index contributed by atoms with van der Waals surface area (Å²) in [4.78, 5) is 54.6. The number of aliphatic hydroxyl groups excluding tert-OH is 1. The minimum atomic E-state index is -1.07. The van der Waals surface area contributed by atoms with Crippen LogP contribution >= 0.6 is 0 Å². The van der Waals surface area contributed by atoms with E-state index in [9.17, 15) is 24.3 Å². The summed E-state index contributed by atoms with van der Waals surface area (Å²) in [6.07, 6.45) is 0.578. The molecule has 7 aromatic rings. The van der Waals surface area contributed by atoms with Crippen LogP contribution in [0.25, 0.3) is 44.1 Å². The molecule has 48 heavy (non-hydrogen) atoms. The predicted molar refractivity (Wildman–Crippen MR) is 179 cm³/mol. The average molecular weight is 632 g/mol. The lowest BCUT2D eigenvalue weighted by molar-refractivity contribution is 0.103. The zero-order valence-electron chi connectivity index (χ0n) is 25.3. The van der Waals surface area contributed by atoms with Crippen molar-refractivity contribution in [2.75, 3.05) is 0 Å². The van der Waals surface area contributed by atoms with Crippen LogP contribution in [0.5, 0.6) is 0 Å². The predicted octanol–water partition coefficient (Wildman–Crippen LogP) is 4.44. The third-order valence-electron chi connectivity index (χ3n) is 9.36. The maximum absolute atomic E-state index is 13.8. The lowest BCUT2D eigenvalue weighted by Crippen LogP contribution is -2.31. The summed E-state index contributed by atoms with van der Waals surface area (Å²) in [7, 11) is 0. The maximum Gasteiger partial charge on any atom is 0.259 e. The van der Waals surface area contributed by atoms with E-state index in [2.05, 4.69) is 10.3 Å². The minimum Gasteiger partial charge on any atom is -0.389 e. The Morgan fingerprint density at radius 1 is 0.562 bits per heavy atom. The molecule has 1 N–H and O–H groups in total.